The number of benzene rings is 2. The number of carbonyl (C=O) groups is 2. The van der Waals surface area contributed by atoms with Gasteiger partial charge >= 0.3 is 0 Å². The molecule has 2 aliphatic rings. The Labute approximate surface area is 197 Å². The number of hydrogen-bond acceptors (Lipinski definition) is 8. The molecule has 0 amide bonds. The Morgan fingerprint density at radius 1 is 1.09 bits per heavy atom. The molecule has 0 saturated heterocycles. The van der Waals surface area contributed by atoms with E-state index in [1.807, 2.05) is 31.3 Å². The van der Waals surface area contributed by atoms with Gasteiger partial charge in [0.25, 0.3) is 0 Å². The zero-order chi connectivity index (χ0) is 24.1. The van der Waals surface area contributed by atoms with Crippen molar-refractivity contribution in [3.63, 3.8) is 0 Å². The van der Waals surface area contributed by atoms with Crippen LogP contribution in [0.4, 0.5) is 11.4 Å². The fourth-order valence-electron chi connectivity index (χ4n) is 4.21. The van der Waals surface area contributed by atoms with E-state index in [1.54, 1.807) is 0 Å². The minimum Gasteiger partial charge on any atom is -0.504 e. The maximum atomic E-state index is 12.6. The number of aromatic hydroxyl groups is 1. The third-order valence-corrected chi connectivity index (χ3v) is 8.45. The minimum atomic E-state index is -4.05. The average Bonchev–Trinajstić information content (AvgIpc) is 2.78. The van der Waals surface area contributed by atoms with Crippen molar-refractivity contribution in [1.82, 2.24) is 9.62 Å². The molecule has 176 valence electrons. The van der Waals surface area contributed by atoms with Crippen LogP contribution in [0.25, 0.3) is 0 Å². The lowest BCUT2D eigenvalue weighted by atomic mass is 9.81. The van der Waals surface area contributed by atoms with Crippen LogP contribution >= 0.6 is 11.6 Å². The molecule has 1 fully saturated rings. The number of ketones is 2. The highest BCUT2D eigenvalue weighted by molar-refractivity contribution is 7.89. The van der Waals surface area contributed by atoms with Gasteiger partial charge in [-0.1, -0.05) is 29.8 Å². The third-order valence-electron chi connectivity index (χ3n) is 6.13. The minimum absolute atomic E-state index is 0.00116. The molecule has 33 heavy (non-hydrogen) atoms. The monoisotopic (exact) mass is 492 g/mol. The molecule has 0 radical (unpaired) electrons. The zero-order valence-electron chi connectivity index (χ0n) is 18.4. The largest absolute Gasteiger partial charge is 0.504 e. The second-order valence-electron chi connectivity index (χ2n) is 8.38. The number of phenols is 1. The summed E-state index contributed by atoms with van der Waals surface area (Å²) in [7, 11) is 0.591. The van der Waals surface area contributed by atoms with E-state index in [0.717, 1.165) is 28.5 Å². The number of carbonyl (C=O) groups excluding carboxylic acids is 2. The first-order valence-corrected chi connectivity index (χ1v) is 12.2. The van der Waals surface area contributed by atoms with Crippen LogP contribution in [0.1, 0.15) is 18.0 Å². The molecule has 1 aliphatic carbocycles. The number of phenolic OH excluding ortho intramolecular Hbond substituents is 1. The van der Waals surface area contributed by atoms with Crippen LogP contribution in [0, 0.1) is 0 Å². The molecule has 9 nitrogen and oxygen atoms in total. The predicted molar refractivity (Wildman–Crippen MR) is 125 cm³/mol. The Morgan fingerprint density at radius 2 is 1.76 bits per heavy atom. The van der Waals surface area contributed by atoms with Crippen molar-refractivity contribution >= 4 is 44.6 Å². The van der Waals surface area contributed by atoms with Gasteiger partial charge in [0.15, 0.2) is 5.75 Å². The van der Waals surface area contributed by atoms with E-state index >= 15 is 0 Å². The van der Waals surface area contributed by atoms with Gasteiger partial charge in [0.2, 0.25) is 21.6 Å². The number of fused-ring (bicyclic) bond motifs is 1. The van der Waals surface area contributed by atoms with E-state index in [0.29, 0.717) is 0 Å². The summed E-state index contributed by atoms with van der Waals surface area (Å²) in [6.45, 7) is 0.783. The Morgan fingerprint density at radius 3 is 2.45 bits per heavy atom. The van der Waals surface area contributed by atoms with Crippen LogP contribution in [-0.4, -0.2) is 69.2 Å². The smallest absolute Gasteiger partial charge is 0.247 e. The number of nitrogens with zero attached hydrogens (tertiary/aromatic N) is 2. The summed E-state index contributed by atoms with van der Waals surface area (Å²) in [4.78, 5) is 26.5. The average molecular weight is 493 g/mol. The Kier molecular flexibility index (Phi) is 6.12. The number of anilines is 2. The second-order valence-corrected chi connectivity index (χ2v) is 10.9. The van der Waals surface area contributed by atoms with Gasteiger partial charge in [-0.05, 0) is 30.2 Å². The molecule has 1 heterocycles. The summed E-state index contributed by atoms with van der Waals surface area (Å²) in [6, 6.07) is 8.66. The van der Waals surface area contributed by atoms with Crippen LogP contribution in [0.5, 0.6) is 5.75 Å². The molecule has 1 aliphatic heterocycles. The van der Waals surface area contributed by atoms with Gasteiger partial charge in [-0.2, -0.15) is 0 Å². The molecular formula is C22H25ClN4O5S. The normalized spacial score (nSPS) is 22.8. The van der Waals surface area contributed by atoms with Gasteiger partial charge in [0.05, 0.1) is 10.7 Å². The molecule has 3 atom stereocenters. The molecule has 2 aromatic rings. The van der Waals surface area contributed by atoms with E-state index in [-0.39, 0.29) is 16.8 Å². The maximum absolute atomic E-state index is 12.6. The van der Waals surface area contributed by atoms with E-state index in [4.69, 9.17) is 11.6 Å². The van der Waals surface area contributed by atoms with Crippen molar-refractivity contribution in [3.05, 3.63) is 47.0 Å². The summed E-state index contributed by atoms with van der Waals surface area (Å²) in [5, 5.41) is 16.6. The third kappa shape index (κ3) is 3.97. The first kappa shape index (κ1) is 23.5. The van der Waals surface area contributed by atoms with Crippen molar-refractivity contribution in [1.29, 1.82) is 0 Å². The highest BCUT2D eigenvalue weighted by Gasteiger charge is 2.50. The molecule has 2 aromatic carbocycles. The number of nitrogens with one attached hydrogen (secondary N) is 2. The number of halogens is 1. The molecular weight excluding hydrogens is 468 g/mol. The lowest BCUT2D eigenvalue weighted by Gasteiger charge is -2.40. The van der Waals surface area contributed by atoms with Crippen LogP contribution < -0.4 is 15.5 Å². The fourth-order valence-corrected chi connectivity index (χ4v) is 5.69. The van der Waals surface area contributed by atoms with Crippen molar-refractivity contribution in [3.8, 4) is 5.75 Å². The highest BCUT2D eigenvalue weighted by Crippen LogP contribution is 2.39. The second kappa shape index (κ2) is 8.60. The molecule has 3 N–H and O–H groups in total. The topological polar surface area (TPSA) is 119 Å². The van der Waals surface area contributed by atoms with Gasteiger partial charge in [-0.25, -0.2) is 12.7 Å². The molecule has 11 heteroatoms. The van der Waals surface area contributed by atoms with E-state index < -0.39 is 44.3 Å². The zero-order valence-corrected chi connectivity index (χ0v) is 19.9. The molecule has 0 bridgehead atoms. The maximum Gasteiger partial charge on any atom is 0.247 e. The van der Waals surface area contributed by atoms with Crippen LogP contribution in [0.3, 0.4) is 0 Å². The molecule has 0 spiro atoms. The predicted octanol–water partition coefficient (Wildman–Crippen LogP) is 1.77. The van der Waals surface area contributed by atoms with Crippen molar-refractivity contribution in [2.45, 2.75) is 29.4 Å². The van der Waals surface area contributed by atoms with Crippen LogP contribution in [0.2, 0.25) is 5.02 Å². The first-order chi connectivity index (χ1) is 15.5. The summed E-state index contributed by atoms with van der Waals surface area (Å²) >= 11 is 6.05. The standard InChI is InChI=1S/C22H25ClN4O5S/c1-26(2)33(31,32)22-13(23)8-9-15(19(22)28)25-18-17(20(29)21(18)30)24-14-10-11-27(3)16-7-5-4-6-12(14)16/h4-9,14,17-18,24-25,28H,10-11H2,1-3H3. The molecule has 4 rings (SSSR count). The Hall–Kier alpha value is -2.66. The van der Waals surface area contributed by atoms with E-state index in [2.05, 4.69) is 15.5 Å². The van der Waals surface area contributed by atoms with Gasteiger partial charge in [-0.15, -0.1) is 0 Å². The number of Topliss-reactive ketones (excluding diaryl/α,β-unsaturated/α-hetero) is 2. The summed E-state index contributed by atoms with van der Waals surface area (Å²) in [5.74, 6) is -1.80. The molecule has 0 aromatic heterocycles. The van der Waals surface area contributed by atoms with Crippen LogP contribution in [-0.2, 0) is 19.6 Å². The van der Waals surface area contributed by atoms with Gasteiger partial charge in [-0.3, -0.25) is 14.9 Å². The van der Waals surface area contributed by atoms with Gasteiger partial charge in [0.1, 0.15) is 17.0 Å². The van der Waals surface area contributed by atoms with E-state index in [1.165, 1.54) is 26.2 Å². The molecule has 3 unspecified atom stereocenters. The lowest BCUT2D eigenvalue weighted by Crippen LogP contribution is -2.67. The Bertz CT molecular complexity index is 1230. The fraction of sp³-hybridized carbons (Fsp3) is 0.364. The first-order valence-electron chi connectivity index (χ1n) is 10.4. The van der Waals surface area contributed by atoms with Gasteiger partial charge in [0, 0.05) is 39.4 Å². The Balaban J connectivity index is 1.60. The number of hydrogen-bond donors (Lipinski definition) is 3. The van der Waals surface area contributed by atoms with E-state index in [9.17, 15) is 23.1 Å². The summed E-state index contributed by atoms with van der Waals surface area (Å²) in [5.41, 5.74) is 2.09. The van der Waals surface area contributed by atoms with Crippen molar-refractivity contribution in [2.75, 3.05) is 37.9 Å². The number of para-hydroxylation sites is 1. The summed E-state index contributed by atoms with van der Waals surface area (Å²) in [6.07, 6.45) is 0.746. The van der Waals surface area contributed by atoms with Crippen molar-refractivity contribution in [2.24, 2.45) is 0 Å². The van der Waals surface area contributed by atoms with Gasteiger partial charge < -0.3 is 15.3 Å². The van der Waals surface area contributed by atoms with Crippen molar-refractivity contribution < 1.29 is 23.1 Å². The van der Waals surface area contributed by atoms with Crippen LogP contribution in [0.15, 0.2) is 41.3 Å². The number of sulfonamides is 1. The quantitative estimate of drug-likeness (QED) is 0.412. The lowest BCUT2D eigenvalue weighted by molar-refractivity contribution is -0.145. The number of rotatable bonds is 6. The highest BCUT2D eigenvalue weighted by atomic mass is 35.5. The SMILES string of the molecule is CN1CCC(NC2C(=O)C(=O)C2Nc2ccc(Cl)c(S(=O)(=O)N(C)C)c2O)c2ccccc21. The summed E-state index contributed by atoms with van der Waals surface area (Å²) < 4.78 is 26.1. The molecule has 1 saturated carbocycles.